The van der Waals surface area contributed by atoms with E-state index in [0.29, 0.717) is 18.7 Å². The Hall–Kier alpha value is -2.75. The predicted octanol–water partition coefficient (Wildman–Crippen LogP) is 1.88. The first-order valence-corrected chi connectivity index (χ1v) is 10.2. The molecular formula is C19H25N5O4S. The van der Waals surface area contributed by atoms with E-state index in [1.807, 2.05) is 4.90 Å². The quantitative estimate of drug-likeness (QED) is 0.426. The smallest absolute Gasteiger partial charge is 0.271 e. The molecule has 29 heavy (non-hydrogen) atoms. The van der Waals surface area contributed by atoms with Gasteiger partial charge in [0.15, 0.2) is 5.11 Å². The number of rotatable bonds is 5. The number of non-ortho nitro benzene ring substituents is 1. The fraction of sp³-hybridized carbons (Fsp3) is 0.526. The van der Waals surface area contributed by atoms with Gasteiger partial charge in [-0.2, -0.15) is 0 Å². The first-order chi connectivity index (χ1) is 13.9. The van der Waals surface area contributed by atoms with Crippen molar-refractivity contribution in [2.75, 3.05) is 31.5 Å². The average molecular weight is 420 g/mol. The molecule has 2 aliphatic heterocycles. The maximum Gasteiger partial charge on any atom is 0.271 e. The summed E-state index contributed by atoms with van der Waals surface area (Å²) in [7, 11) is 0. The second-order valence-electron chi connectivity index (χ2n) is 7.30. The third kappa shape index (κ3) is 5.63. The van der Waals surface area contributed by atoms with Crippen molar-refractivity contribution in [2.24, 2.45) is 0 Å². The van der Waals surface area contributed by atoms with Crippen LogP contribution in [0.5, 0.6) is 0 Å². The molecule has 2 amide bonds. The van der Waals surface area contributed by atoms with Gasteiger partial charge in [-0.3, -0.25) is 19.7 Å². The highest BCUT2D eigenvalue weighted by molar-refractivity contribution is 7.80. The van der Waals surface area contributed by atoms with Gasteiger partial charge in [0.25, 0.3) is 5.69 Å². The highest BCUT2D eigenvalue weighted by Gasteiger charge is 2.30. The van der Waals surface area contributed by atoms with Gasteiger partial charge in [-0.1, -0.05) is 6.07 Å². The molecule has 2 heterocycles. The van der Waals surface area contributed by atoms with Gasteiger partial charge in [0.05, 0.1) is 11.5 Å². The third-order valence-electron chi connectivity index (χ3n) is 5.19. The van der Waals surface area contributed by atoms with Crippen LogP contribution in [-0.2, 0) is 9.59 Å². The van der Waals surface area contributed by atoms with Crippen LogP contribution in [0.4, 0.5) is 11.4 Å². The molecule has 1 atom stereocenters. The lowest BCUT2D eigenvalue weighted by atomic mass is 10.1. The van der Waals surface area contributed by atoms with Crippen LogP contribution in [0.1, 0.15) is 32.1 Å². The van der Waals surface area contributed by atoms with Crippen molar-refractivity contribution in [1.29, 1.82) is 0 Å². The standard InChI is InChI=1S/C19H25N5O4S/c25-17(22-9-3-4-10-22)13-23-11-2-1-8-16(18(23)26)21-19(29)20-14-6-5-7-15(12-14)24(27)28/h5-7,12,16H,1-4,8-11,13H2,(H2,20,21,29). The Kier molecular flexibility index (Phi) is 6.97. The Labute approximate surface area is 174 Å². The zero-order valence-electron chi connectivity index (χ0n) is 16.1. The van der Waals surface area contributed by atoms with Crippen molar-refractivity contribution < 1.29 is 14.5 Å². The van der Waals surface area contributed by atoms with Crippen molar-refractivity contribution in [3.05, 3.63) is 34.4 Å². The van der Waals surface area contributed by atoms with E-state index in [2.05, 4.69) is 10.6 Å². The Morgan fingerprint density at radius 3 is 2.66 bits per heavy atom. The molecule has 9 nitrogen and oxygen atoms in total. The maximum atomic E-state index is 12.9. The Morgan fingerprint density at radius 2 is 1.93 bits per heavy atom. The molecule has 10 heteroatoms. The molecule has 2 fully saturated rings. The number of nitro benzene ring substituents is 1. The number of nitrogens with zero attached hydrogens (tertiary/aromatic N) is 3. The number of hydrogen-bond donors (Lipinski definition) is 2. The number of benzene rings is 1. The normalized spacial score (nSPS) is 19.6. The van der Waals surface area contributed by atoms with E-state index in [-0.39, 0.29) is 29.2 Å². The van der Waals surface area contributed by atoms with Crippen LogP contribution in [0.25, 0.3) is 0 Å². The SMILES string of the molecule is O=C(CN1CCCCC(NC(=S)Nc2cccc([N+](=O)[O-])c2)C1=O)N1CCCC1. The van der Waals surface area contributed by atoms with Gasteiger partial charge in [0, 0.05) is 37.5 Å². The summed E-state index contributed by atoms with van der Waals surface area (Å²) in [6.07, 6.45) is 4.33. The number of carbonyl (C=O) groups excluding carboxylic acids is 2. The summed E-state index contributed by atoms with van der Waals surface area (Å²) < 4.78 is 0. The zero-order chi connectivity index (χ0) is 20.8. The minimum atomic E-state index is -0.525. The molecule has 0 radical (unpaired) electrons. The summed E-state index contributed by atoms with van der Waals surface area (Å²) in [6, 6.07) is 5.47. The Balaban J connectivity index is 1.59. The van der Waals surface area contributed by atoms with E-state index < -0.39 is 11.0 Å². The van der Waals surface area contributed by atoms with Crippen LogP contribution >= 0.6 is 12.2 Å². The number of nitrogens with one attached hydrogen (secondary N) is 2. The number of nitro groups is 1. The minimum Gasteiger partial charge on any atom is -0.351 e. The second-order valence-corrected chi connectivity index (χ2v) is 7.71. The molecule has 2 aliphatic rings. The van der Waals surface area contributed by atoms with Crippen LogP contribution in [0.15, 0.2) is 24.3 Å². The Bertz CT molecular complexity index is 797. The van der Waals surface area contributed by atoms with Gasteiger partial charge < -0.3 is 20.4 Å². The first-order valence-electron chi connectivity index (χ1n) is 9.82. The molecule has 0 aromatic heterocycles. The lowest BCUT2D eigenvalue weighted by Crippen LogP contribution is -2.51. The molecule has 0 saturated carbocycles. The van der Waals surface area contributed by atoms with Crippen LogP contribution in [0.2, 0.25) is 0 Å². The molecule has 156 valence electrons. The molecule has 2 N–H and O–H groups in total. The molecule has 0 aliphatic carbocycles. The van der Waals surface area contributed by atoms with Gasteiger partial charge in [-0.15, -0.1) is 0 Å². The summed E-state index contributed by atoms with van der Waals surface area (Å²) in [4.78, 5) is 39.2. The van der Waals surface area contributed by atoms with E-state index in [1.54, 1.807) is 17.0 Å². The fourth-order valence-corrected chi connectivity index (χ4v) is 3.91. The molecule has 1 aromatic carbocycles. The van der Waals surface area contributed by atoms with Gasteiger partial charge >= 0.3 is 0 Å². The molecule has 1 aromatic rings. The zero-order valence-corrected chi connectivity index (χ0v) is 17.0. The average Bonchev–Trinajstić information content (AvgIpc) is 3.18. The molecule has 3 rings (SSSR count). The van der Waals surface area contributed by atoms with Crippen molar-refractivity contribution in [2.45, 2.75) is 38.1 Å². The lowest BCUT2D eigenvalue weighted by molar-refractivity contribution is -0.384. The Morgan fingerprint density at radius 1 is 1.21 bits per heavy atom. The van der Waals surface area contributed by atoms with Crippen LogP contribution < -0.4 is 10.6 Å². The summed E-state index contributed by atoms with van der Waals surface area (Å²) in [5, 5.41) is 17.0. The molecule has 2 saturated heterocycles. The maximum absolute atomic E-state index is 12.9. The van der Waals surface area contributed by atoms with Crippen molar-refractivity contribution in [1.82, 2.24) is 15.1 Å². The number of thiocarbonyl (C=S) groups is 1. The number of carbonyl (C=O) groups is 2. The van der Waals surface area contributed by atoms with E-state index in [1.165, 1.54) is 12.1 Å². The van der Waals surface area contributed by atoms with Crippen molar-refractivity contribution in [3.8, 4) is 0 Å². The minimum absolute atomic E-state index is 0.00574. The second kappa shape index (κ2) is 9.64. The van der Waals surface area contributed by atoms with Crippen LogP contribution in [0.3, 0.4) is 0 Å². The summed E-state index contributed by atoms with van der Waals surface area (Å²) in [5.74, 6) is -0.146. The summed E-state index contributed by atoms with van der Waals surface area (Å²) in [5.41, 5.74) is 0.425. The largest absolute Gasteiger partial charge is 0.351 e. The predicted molar refractivity (Wildman–Crippen MR) is 112 cm³/mol. The fourth-order valence-electron chi connectivity index (χ4n) is 3.65. The van der Waals surface area contributed by atoms with Gasteiger partial charge in [0.1, 0.15) is 6.04 Å². The molecule has 0 spiro atoms. The number of anilines is 1. The van der Waals surface area contributed by atoms with E-state index >= 15 is 0 Å². The third-order valence-corrected chi connectivity index (χ3v) is 5.41. The van der Waals surface area contributed by atoms with E-state index in [4.69, 9.17) is 12.2 Å². The molecule has 1 unspecified atom stereocenters. The molecular weight excluding hydrogens is 394 g/mol. The molecule has 0 bridgehead atoms. The summed E-state index contributed by atoms with van der Waals surface area (Å²) >= 11 is 5.30. The van der Waals surface area contributed by atoms with E-state index in [0.717, 1.165) is 38.8 Å². The van der Waals surface area contributed by atoms with E-state index in [9.17, 15) is 19.7 Å². The number of amides is 2. The lowest BCUT2D eigenvalue weighted by Gasteiger charge is -2.27. The van der Waals surface area contributed by atoms with Crippen LogP contribution in [0, 0.1) is 10.1 Å². The van der Waals surface area contributed by atoms with Gasteiger partial charge in [0.2, 0.25) is 11.8 Å². The first kappa shape index (κ1) is 21.0. The monoisotopic (exact) mass is 419 g/mol. The van der Waals surface area contributed by atoms with Crippen LogP contribution in [-0.4, -0.2) is 63.9 Å². The summed E-state index contributed by atoms with van der Waals surface area (Å²) in [6.45, 7) is 2.18. The number of likely N-dealkylation sites (tertiary alicyclic amines) is 2. The van der Waals surface area contributed by atoms with Gasteiger partial charge in [-0.25, -0.2) is 0 Å². The van der Waals surface area contributed by atoms with Gasteiger partial charge in [-0.05, 0) is 50.4 Å². The highest BCUT2D eigenvalue weighted by atomic mass is 32.1. The van der Waals surface area contributed by atoms with Crippen molar-refractivity contribution in [3.63, 3.8) is 0 Å². The number of hydrogen-bond acceptors (Lipinski definition) is 5. The highest BCUT2D eigenvalue weighted by Crippen LogP contribution is 2.18. The van der Waals surface area contributed by atoms with Crippen molar-refractivity contribution >= 4 is 40.5 Å². The topological polar surface area (TPSA) is 108 Å².